The number of hydrogen-bond donors (Lipinski definition) is 0. The number of benzene rings is 2. The molecule has 4 aliphatic rings. The third kappa shape index (κ3) is 8.66. The molecule has 4 fully saturated rings. The van der Waals surface area contributed by atoms with Crippen LogP contribution >= 0.6 is 0 Å². The van der Waals surface area contributed by atoms with Crippen LogP contribution in [0, 0.1) is 70.3 Å². The van der Waals surface area contributed by atoms with Crippen molar-refractivity contribution in [2.75, 3.05) is 0 Å². The molecule has 2 saturated heterocycles. The van der Waals surface area contributed by atoms with E-state index in [4.69, 9.17) is 0 Å². The molecule has 2 aromatic carbocycles. The third-order valence-corrected chi connectivity index (χ3v) is 6.91. The number of rotatable bonds is 3. The fraction of sp³-hybridized carbons (Fsp3) is 0.250. The monoisotopic (exact) mass is 519 g/mol. The second kappa shape index (κ2) is 16.0. The summed E-state index contributed by atoms with van der Waals surface area (Å²) in [6, 6.07) is 21.7. The smallest absolute Gasteiger partial charge is 0.154 e. The van der Waals surface area contributed by atoms with Crippen molar-refractivity contribution in [2.24, 2.45) is 0 Å². The van der Waals surface area contributed by atoms with Crippen LogP contribution in [0.3, 0.4) is 0 Å². The van der Waals surface area contributed by atoms with Crippen molar-refractivity contribution in [3.63, 3.8) is 0 Å². The molecule has 0 aromatic heterocycles. The zero-order valence-corrected chi connectivity index (χ0v) is 22.5. The molecule has 2 saturated carbocycles. The molecule has 11 radical (unpaired) electrons. The van der Waals surface area contributed by atoms with Gasteiger partial charge in [0.2, 0.25) is 0 Å². The average molecular weight is 521 g/mol. The van der Waals surface area contributed by atoms with Crippen molar-refractivity contribution < 1.29 is 26.2 Å². The van der Waals surface area contributed by atoms with Gasteiger partial charge in [0.15, 0.2) is 6.71 Å². The van der Waals surface area contributed by atoms with Gasteiger partial charge in [-0.2, -0.15) is 11.0 Å². The van der Waals surface area contributed by atoms with Gasteiger partial charge in [0.05, 0.1) is 0 Å². The van der Waals surface area contributed by atoms with Crippen LogP contribution in [0.1, 0.15) is 49.7 Å². The van der Waals surface area contributed by atoms with Gasteiger partial charge in [0.25, 0.3) is 0 Å². The maximum atomic E-state index is 3.81. The Bertz CT molecular complexity index is 768. The van der Waals surface area contributed by atoms with E-state index in [2.05, 4.69) is 66.7 Å². The second-order valence-corrected chi connectivity index (χ2v) is 9.10. The Labute approximate surface area is 229 Å². The third-order valence-electron chi connectivity index (χ3n) is 6.91. The molecule has 0 spiro atoms. The molecule has 0 amide bonds. The van der Waals surface area contributed by atoms with Gasteiger partial charge in [-0.05, 0) is 64.2 Å². The first-order chi connectivity index (χ1) is 16.4. The van der Waals surface area contributed by atoms with Crippen LogP contribution in [-0.2, 0) is 26.2 Å². The molecule has 0 N–H and O–H groups in total. The van der Waals surface area contributed by atoms with Gasteiger partial charge in [-0.3, -0.25) is 0 Å². The van der Waals surface area contributed by atoms with Gasteiger partial charge in [-0.25, -0.2) is 0 Å². The summed E-state index contributed by atoms with van der Waals surface area (Å²) in [6.07, 6.45) is 32.3. The first-order valence-electron chi connectivity index (χ1n) is 12.5. The largest absolute Gasteiger partial charge is 3.00 e. The first-order valence-corrected chi connectivity index (χ1v) is 12.5. The standard InChI is InChI=1S/C22H24B.2C5H5.Zr/c1-3-9-18(10-4-1)17-22(19-11-5-2-6-12-19)23-20-13-7-8-14-21(23)16-15-20;2*1-2-4-5-3-1;/h1-6,9-12,20-21H,7-8,13-16H2;2*1-5H;/q-1;;;+3/t20-,21+;;;. The second-order valence-electron chi connectivity index (χ2n) is 9.10. The van der Waals surface area contributed by atoms with Gasteiger partial charge in [-0.15, -0.1) is 35.9 Å². The van der Waals surface area contributed by atoms with Gasteiger partial charge in [0.1, 0.15) is 0 Å². The first kappa shape index (κ1) is 27.7. The van der Waals surface area contributed by atoms with Gasteiger partial charge < -0.3 is 0 Å². The van der Waals surface area contributed by atoms with Crippen LogP contribution in [0.2, 0.25) is 11.6 Å². The molecular formula is C32H34BZr+2. The van der Waals surface area contributed by atoms with E-state index in [1.165, 1.54) is 55.1 Å². The van der Waals surface area contributed by atoms with E-state index in [0.717, 1.165) is 11.6 Å². The summed E-state index contributed by atoms with van der Waals surface area (Å²) in [7, 11) is 0. The Morgan fingerprint density at radius 2 is 0.971 bits per heavy atom. The van der Waals surface area contributed by atoms with Crippen molar-refractivity contribution >= 4 is 12.2 Å². The molecule has 2 aliphatic heterocycles. The maximum absolute atomic E-state index is 3.81. The Kier molecular flexibility index (Phi) is 13.0. The van der Waals surface area contributed by atoms with Gasteiger partial charge in [0, 0.05) is 0 Å². The normalized spacial score (nSPS) is 23.6. The van der Waals surface area contributed by atoms with E-state index >= 15 is 0 Å². The van der Waals surface area contributed by atoms with Crippen LogP contribution in [-0.4, -0.2) is 6.71 Å². The average Bonchev–Trinajstić information content (AvgIpc) is 3.64. The van der Waals surface area contributed by atoms with E-state index in [0.29, 0.717) is 6.71 Å². The molecule has 2 aromatic rings. The van der Waals surface area contributed by atoms with E-state index in [-0.39, 0.29) is 26.2 Å². The zero-order chi connectivity index (χ0) is 22.6. The van der Waals surface area contributed by atoms with Crippen molar-refractivity contribution in [2.45, 2.75) is 50.2 Å². The van der Waals surface area contributed by atoms with Crippen LogP contribution in [0.4, 0.5) is 0 Å². The minimum atomic E-state index is 0. The summed E-state index contributed by atoms with van der Waals surface area (Å²) in [6.45, 7) is 0.708. The Balaban J connectivity index is 0.000000244. The van der Waals surface area contributed by atoms with Crippen molar-refractivity contribution in [1.29, 1.82) is 0 Å². The summed E-state index contributed by atoms with van der Waals surface area (Å²) in [5.41, 5.74) is 4.06. The zero-order valence-electron chi connectivity index (χ0n) is 20.0. The summed E-state index contributed by atoms with van der Waals surface area (Å²) < 4.78 is 0. The number of fused-ring (bicyclic) bond motifs is 2. The molecular weight excluding hydrogens is 486 g/mol. The molecule has 34 heavy (non-hydrogen) atoms. The molecule has 0 nitrogen and oxygen atoms in total. The molecule has 2 aliphatic carbocycles. The summed E-state index contributed by atoms with van der Waals surface area (Å²) >= 11 is 0. The van der Waals surface area contributed by atoms with Crippen LogP contribution < -0.4 is 0 Å². The molecule has 0 unspecified atom stereocenters. The fourth-order valence-corrected chi connectivity index (χ4v) is 5.39. The van der Waals surface area contributed by atoms with E-state index in [1.807, 2.05) is 64.2 Å². The predicted octanol–water partition coefficient (Wildman–Crippen LogP) is 8.10. The molecule has 2 atom stereocenters. The van der Waals surface area contributed by atoms with E-state index in [9.17, 15) is 0 Å². The molecule has 2 heterocycles. The van der Waals surface area contributed by atoms with Crippen molar-refractivity contribution in [3.05, 3.63) is 142 Å². The molecule has 167 valence electrons. The Hall–Kier alpha value is -0.872. The van der Waals surface area contributed by atoms with Crippen LogP contribution in [0.5, 0.6) is 0 Å². The fourth-order valence-electron chi connectivity index (χ4n) is 5.39. The Morgan fingerprint density at radius 1 is 0.559 bits per heavy atom. The van der Waals surface area contributed by atoms with Crippen LogP contribution in [0.15, 0.2) is 60.7 Å². The summed E-state index contributed by atoms with van der Waals surface area (Å²) in [5.74, 6) is 1.74. The van der Waals surface area contributed by atoms with Crippen LogP contribution in [0.25, 0.3) is 5.47 Å². The van der Waals surface area contributed by atoms with Crippen molar-refractivity contribution in [3.8, 4) is 0 Å². The predicted molar refractivity (Wildman–Crippen MR) is 143 cm³/mol. The summed E-state index contributed by atoms with van der Waals surface area (Å²) in [5, 5.41) is 0. The molecule has 6 rings (SSSR count). The number of hydrogen-bond acceptors (Lipinski definition) is 0. The molecule has 2 bridgehead atoms. The SMILES string of the molecule is [C-](=C(B1[C@@H]2CCCC[C@H]1CC2)c1ccccc1)c1ccccc1.[CH]1[CH][CH][CH][CH]1.[CH]1[CH][CH][CH][CH]1.[Zr+3]. The molecule has 2 heteroatoms. The van der Waals surface area contributed by atoms with E-state index < -0.39 is 0 Å². The maximum Gasteiger partial charge on any atom is 3.00 e. The minimum Gasteiger partial charge on any atom is -0.154 e. The summed E-state index contributed by atoms with van der Waals surface area (Å²) in [4.78, 5) is 0. The van der Waals surface area contributed by atoms with Gasteiger partial charge >= 0.3 is 26.2 Å². The van der Waals surface area contributed by atoms with E-state index in [1.54, 1.807) is 0 Å². The quantitative estimate of drug-likeness (QED) is 0.218. The topological polar surface area (TPSA) is 0 Å². The van der Waals surface area contributed by atoms with Gasteiger partial charge in [-0.1, -0.05) is 86.6 Å². The minimum absolute atomic E-state index is 0. The Morgan fingerprint density at radius 3 is 1.41 bits per heavy atom. The van der Waals surface area contributed by atoms with Crippen molar-refractivity contribution in [1.82, 2.24) is 0 Å².